The molecule has 0 aliphatic carbocycles. The van der Waals surface area contributed by atoms with Crippen LogP contribution in [0.25, 0.3) is 0 Å². The van der Waals surface area contributed by atoms with Gasteiger partial charge in [0.15, 0.2) is 0 Å². The molecule has 0 aliphatic rings. The van der Waals surface area contributed by atoms with Crippen LogP contribution in [0.5, 0.6) is 17.2 Å². The van der Waals surface area contributed by atoms with E-state index in [1.807, 2.05) is 0 Å². The highest BCUT2D eigenvalue weighted by Gasteiger charge is 2.05. The lowest BCUT2D eigenvalue weighted by Gasteiger charge is -2.08. The maximum Gasteiger partial charge on any atom is 0.133 e. The first-order valence-electron chi connectivity index (χ1n) is 5.43. The topological polar surface area (TPSA) is 38.7 Å². The molecule has 0 amide bonds. The number of rotatable bonds is 4. The van der Waals surface area contributed by atoms with E-state index in [9.17, 15) is 4.39 Å². The number of phenolic OH excluding ortho intramolecular Hbond substituents is 1. The summed E-state index contributed by atoms with van der Waals surface area (Å²) in [4.78, 5) is 0. The second-order valence-electron chi connectivity index (χ2n) is 3.74. The third kappa shape index (κ3) is 2.91. The van der Waals surface area contributed by atoms with Crippen molar-refractivity contribution in [1.82, 2.24) is 0 Å². The predicted octanol–water partition coefficient (Wildman–Crippen LogP) is 3.12. The molecule has 0 atom stereocenters. The van der Waals surface area contributed by atoms with Crippen LogP contribution in [0.15, 0.2) is 42.5 Å². The number of hydrogen-bond donors (Lipinski definition) is 1. The van der Waals surface area contributed by atoms with Gasteiger partial charge in [0.2, 0.25) is 0 Å². The van der Waals surface area contributed by atoms with Crippen LogP contribution in [0.2, 0.25) is 0 Å². The molecule has 1 N–H and O–H groups in total. The first kappa shape index (κ1) is 12.2. The third-order valence-electron chi connectivity index (χ3n) is 2.49. The maximum absolute atomic E-state index is 13.6. The molecule has 2 aromatic rings. The highest BCUT2D eigenvalue weighted by atomic mass is 19.1. The summed E-state index contributed by atoms with van der Waals surface area (Å²) in [7, 11) is 1.49. The zero-order chi connectivity index (χ0) is 13.0. The van der Waals surface area contributed by atoms with Crippen molar-refractivity contribution in [2.75, 3.05) is 7.11 Å². The average molecular weight is 248 g/mol. The van der Waals surface area contributed by atoms with E-state index in [0.717, 1.165) is 0 Å². The zero-order valence-corrected chi connectivity index (χ0v) is 9.89. The summed E-state index contributed by atoms with van der Waals surface area (Å²) in [6.07, 6.45) is 0. The van der Waals surface area contributed by atoms with Crippen LogP contribution in [-0.2, 0) is 6.61 Å². The summed E-state index contributed by atoms with van der Waals surface area (Å²) >= 11 is 0. The van der Waals surface area contributed by atoms with Crippen molar-refractivity contribution in [2.24, 2.45) is 0 Å². The van der Waals surface area contributed by atoms with Crippen molar-refractivity contribution in [3.63, 3.8) is 0 Å². The van der Waals surface area contributed by atoms with Crippen molar-refractivity contribution in [3.8, 4) is 17.2 Å². The lowest BCUT2D eigenvalue weighted by atomic mass is 10.2. The van der Waals surface area contributed by atoms with E-state index in [4.69, 9.17) is 14.6 Å². The average Bonchev–Trinajstić information content (AvgIpc) is 2.39. The molecule has 18 heavy (non-hydrogen) atoms. The normalized spacial score (nSPS) is 10.1. The zero-order valence-electron chi connectivity index (χ0n) is 9.89. The molecular weight excluding hydrogens is 235 g/mol. The van der Waals surface area contributed by atoms with Crippen LogP contribution < -0.4 is 9.47 Å². The van der Waals surface area contributed by atoms with Gasteiger partial charge in [0, 0.05) is 11.6 Å². The van der Waals surface area contributed by atoms with Crippen molar-refractivity contribution < 1.29 is 19.0 Å². The van der Waals surface area contributed by atoms with Gasteiger partial charge in [-0.25, -0.2) is 4.39 Å². The van der Waals surface area contributed by atoms with Crippen molar-refractivity contribution >= 4 is 0 Å². The number of benzene rings is 2. The Morgan fingerprint density at radius 3 is 2.33 bits per heavy atom. The molecule has 94 valence electrons. The van der Waals surface area contributed by atoms with Crippen molar-refractivity contribution in [1.29, 1.82) is 0 Å². The van der Waals surface area contributed by atoms with E-state index < -0.39 is 0 Å². The molecule has 4 heteroatoms. The fourth-order valence-corrected chi connectivity index (χ4v) is 1.48. The van der Waals surface area contributed by atoms with Gasteiger partial charge in [-0.3, -0.25) is 0 Å². The largest absolute Gasteiger partial charge is 0.508 e. The highest BCUT2D eigenvalue weighted by Crippen LogP contribution is 2.20. The Kier molecular flexibility index (Phi) is 3.67. The van der Waals surface area contributed by atoms with Crippen LogP contribution in [0.4, 0.5) is 4.39 Å². The Bertz CT molecular complexity index is 523. The third-order valence-corrected chi connectivity index (χ3v) is 2.49. The van der Waals surface area contributed by atoms with E-state index in [0.29, 0.717) is 17.1 Å². The van der Waals surface area contributed by atoms with E-state index >= 15 is 0 Å². The standard InChI is InChI=1S/C14H13FO3/c1-17-13-5-2-10(14(15)8-13)9-18-12-6-3-11(16)4-7-12/h2-8,16H,9H2,1H3. The molecule has 0 bridgehead atoms. The SMILES string of the molecule is COc1ccc(COc2ccc(O)cc2)c(F)c1. The van der Waals surface area contributed by atoms with E-state index in [1.165, 1.54) is 25.3 Å². The molecule has 0 aliphatic heterocycles. The summed E-state index contributed by atoms with van der Waals surface area (Å²) < 4.78 is 23.9. The molecule has 0 spiro atoms. The number of halogens is 1. The smallest absolute Gasteiger partial charge is 0.133 e. The van der Waals surface area contributed by atoms with Crippen LogP contribution in [-0.4, -0.2) is 12.2 Å². The van der Waals surface area contributed by atoms with E-state index in [2.05, 4.69) is 0 Å². The van der Waals surface area contributed by atoms with Gasteiger partial charge in [-0.05, 0) is 36.4 Å². The second kappa shape index (κ2) is 5.40. The van der Waals surface area contributed by atoms with Gasteiger partial charge in [-0.15, -0.1) is 0 Å². The van der Waals surface area contributed by atoms with Gasteiger partial charge in [-0.2, -0.15) is 0 Å². The second-order valence-corrected chi connectivity index (χ2v) is 3.74. The van der Waals surface area contributed by atoms with Gasteiger partial charge in [-0.1, -0.05) is 0 Å². The number of hydrogen-bond acceptors (Lipinski definition) is 3. The van der Waals surface area contributed by atoms with Crippen LogP contribution in [0.1, 0.15) is 5.56 Å². The predicted molar refractivity (Wildman–Crippen MR) is 65.4 cm³/mol. The first-order valence-corrected chi connectivity index (χ1v) is 5.43. The van der Waals surface area contributed by atoms with Crippen molar-refractivity contribution in [2.45, 2.75) is 6.61 Å². The quantitative estimate of drug-likeness (QED) is 0.903. The molecule has 0 aromatic heterocycles. The highest BCUT2D eigenvalue weighted by molar-refractivity contribution is 5.31. The van der Waals surface area contributed by atoms with Gasteiger partial charge < -0.3 is 14.6 Å². The minimum atomic E-state index is -0.367. The summed E-state index contributed by atoms with van der Waals surface area (Å²) in [5, 5.41) is 9.11. The molecule has 0 heterocycles. The molecule has 0 unspecified atom stereocenters. The Morgan fingerprint density at radius 1 is 1.06 bits per heavy atom. The molecular formula is C14H13FO3. The first-order chi connectivity index (χ1) is 8.69. The number of methoxy groups -OCH3 is 1. The van der Waals surface area contributed by atoms with Gasteiger partial charge >= 0.3 is 0 Å². The van der Waals surface area contributed by atoms with Crippen LogP contribution in [0.3, 0.4) is 0 Å². The lowest BCUT2D eigenvalue weighted by molar-refractivity contribution is 0.298. The Balaban J connectivity index is 2.04. The lowest BCUT2D eigenvalue weighted by Crippen LogP contribution is -1.98. The molecule has 0 saturated heterocycles. The summed E-state index contributed by atoms with van der Waals surface area (Å²) in [6.45, 7) is 0.126. The van der Waals surface area contributed by atoms with Gasteiger partial charge in [0.25, 0.3) is 0 Å². The fraction of sp³-hybridized carbons (Fsp3) is 0.143. The number of ether oxygens (including phenoxy) is 2. The molecule has 0 radical (unpaired) electrons. The Hall–Kier alpha value is -2.23. The summed E-state index contributed by atoms with van der Waals surface area (Å²) in [5.41, 5.74) is 0.448. The number of phenols is 1. The maximum atomic E-state index is 13.6. The van der Waals surface area contributed by atoms with Crippen molar-refractivity contribution in [3.05, 3.63) is 53.8 Å². The molecule has 2 aromatic carbocycles. The van der Waals surface area contributed by atoms with Gasteiger partial charge in [0.05, 0.1) is 7.11 Å². The summed E-state index contributed by atoms with van der Waals surface area (Å²) in [5.74, 6) is 0.843. The minimum absolute atomic E-state index is 0.126. The van der Waals surface area contributed by atoms with Crippen LogP contribution >= 0.6 is 0 Å². The van der Waals surface area contributed by atoms with E-state index in [1.54, 1.807) is 24.3 Å². The van der Waals surface area contributed by atoms with E-state index in [-0.39, 0.29) is 18.2 Å². The number of aromatic hydroxyl groups is 1. The Labute approximate surface area is 104 Å². The van der Waals surface area contributed by atoms with Crippen LogP contribution in [0, 0.1) is 5.82 Å². The molecule has 0 fully saturated rings. The molecule has 3 nitrogen and oxygen atoms in total. The van der Waals surface area contributed by atoms with Gasteiger partial charge in [0.1, 0.15) is 29.7 Å². The summed E-state index contributed by atoms with van der Waals surface area (Å²) in [6, 6.07) is 10.9. The molecule has 2 rings (SSSR count). The minimum Gasteiger partial charge on any atom is -0.508 e. The monoisotopic (exact) mass is 248 g/mol. The Morgan fingerprint density at radius 2 is 1.72 bits per heavy atom. The fourth-order valence-electron chi connectivity index (χ4n) is 1.48. The molecule has 0 saturated carbocycles.